The summed E-state index contributed by atoms with van der Waals surface area (Å²) < 4.78 is 28.2. The first kappa shape index (κ1) is 18.7. The summed E-state index contributed by atoms with van der Waals surface area (Å²) in [5.41, 5.74) is 5.20. The number of nitrogens with zero attached hydrogens (tertiary/aromatic N) is 4. The van der Waals surface area contributed by atoms with Crippen LogP contribution in [-0.2, 0) is 18.6 Å². The molecule has 13 heteroatoms. The maximum Gasteiger partial charge on any atom is 0.435 e. The third-order valence-corrected chi connectivity index (χ3v) is 4.90. The molecule has 0 bridgehead atoms. The summed E-state index contributed by atoms with van der Waals surface area (Å²) in [4.78, 5) is 33.0. The van der Waals surface area contributed by atoms with E-state index in [0.29, 0.717) is 11.2 Å². The smallest absolute Gasteiger partial charge is 0.435 e. The van der Waals surface area contributed by atoms with E-state index in [2.05, 4.69) is 19.7 Å². The molecule has 1 aliphatic rings. The van der Waals surface area contributed by atoms with Crippen molar-refractivity contribution in [2.75, 3.05) is 18.9 Å². The van der Waals surface area contributed by atoms with Crippen molar-refractivity contribution in [2.45, 2.75) is 31.8 Å². The number of aliphatic hydroxyl groups is 1. The molecule has 4 N–H and O–H groups in total. The predicted octanol–water partition coefficient (Wildman–Crippen LogP) is 0.415. The average molecular weight is 387 g/mol. The first-order valence-corrected chi connectivity index (χ1v) is 9.32. The number of aliphatic hydroxyl groups excluding tert-OH is 1. The fraction of sp³-hybridized carbons (Fsp3) is 0.538. The van der Waals surface area contributed by atoms with Gasteiger partial charge in [0.2, 0.25) is 0 Å². The van der Waals surface area contributed by atoms with Gasteiger partial charge in [0.25, 0.3) is 0 Å². The van der Waals surface area contributed by atoms with Crippen molar-refractivity contribution < 1.29 is 33.4 Å². The van der Waals surface area contributed by atoms with Crippen molar-refractivity contribution in [3.8, 4) is 0 Å². The highest BCUT2D eigenvalue weighted by Crippen LogP contribution is 2.45. The number of carbonyl (C=O) groups is 1. The summed E-state index contributed by atoms with van der Waals surface area (Å²) in [6.45, 7) is 0.974. The zero-order chi connectivity index (χ0) is 18.9. The van der Waals surface area contributed by atoms with Gasteiger partial charge in [0, 0.05) is 6.42 Å². The lowest BCUT2D eigenvalue weighted by Gasteiger charge is -2.17. The second-order valence-electron chi connectivity index (χ2n) is 5.53. The van der Waals surface area contributed by atoms with Crippen LogP contribution in [0, 0.1) is 0 Å². The van der Waals surface area contributed by atoms with E-state index in [9.17, 15) is 19.4 Å². The standard InChI is InChI=1S/C13H18N5O7P/c1-2-23-13(20)26(21,22)24-4-8-7(19)3-9(25-8)18-6-17-10-11(14)15-5-16-12(10)18/h5-9,19H,2-4H2,1H3,(H,21,22)(H2,14,15,16)/t7-,8+,9+/m0/s1. The molecule has 3 rings (SSSR count). The number of anilines is 1. The maximum absolute atomic E-state index is 11.8. The summed E-state index contributed by atoms with van der Waals surface area (Å²) in [6.07, 6.45) is 0.345. The van der Waals surface area contributed by atoms with Gasteiger partial charge < -0.3 is 25.2 Å². The molecule has 0 amide bonds. The predicted molar refractivity (Wildman–Crippen MR) is 87.1 cm³/mol. The fourth-order valence-electron chi connectivity index (χ4n) is 2.55. The van der Waals surface area contributed by atoms with Crippen LogP contribution >= 0.6 is 7.60 Å². The van der Waals surface area contributed by atoms with Crippen molar-refractivity contribution in [3.05, 3.63) is 12.7 Å². The van der Waals surface area contributed by atoms with Crippen LogP contribution in [0.3, 0.4) is 0 Å². The Hall–Kier alpha value is -2.11. The van der Waals surface area contributed by atoms with Gasteiger partial charge in [0.05, 0.1) is 25.6 Å². The molecule has 0 spiro atoms. The molecule has 12 nitrogen and oxygen atoms in total. The minimum atomic E-state index is -4.61. The van der Waals surface area contributed by atoms with E-state index in [1.54, 1.807) is 4.57 Å². The van der Waals surface area contributed by atoms with Crippen LogP contribution in [0.15, 0.2) is 12.7 Å². The van der Waals surface area contributed by atoms with Crippen LogP contribution in [-0.4, -0.2) is 60.7 Å². The van der Waals surface area contributed by atoms with E-state index in [4.69, 9.17) is 15.0 Å². The van der Waals surface area contributed by atoms with Gasteiger partial charge in [-0.2, -0.15) is 0 Å². The Labute approximate surface area is 147 Å². The Balaban J connectivity index is 1.69. The molecule has 1 aliphatic heterocycles. The second-order valence-corrected chi connectivity index (χ2v) is 7.19. The van der Waals surface area contributed by atoms with Gasteiger partial charge in [0.15, 0.2) is 11.5 Å². The van der Waals surface area contributed by atoms with Gasteiger partial charge in [-0.05, 0) is 6.92 Å². The van der Waals surface area contributed by atoms with Crippen molar-refractivity contribution in [2.24, 2.45) is 0 Å². The number of hydrogen-bond acceptors (Lipinski definition) is 10. The van der Waals surface area contributed by atoms with Gasteiger partial charge in [-0.3, -0.25) is 9.09 Å². The topological polar surface area (TPSA) is 172 Å². The molecule has 1 unspecified atom stereocenters. The highest BCUT2D eigenvalue weighted by atomic mass is 31.2. The fourth-order valence-corrected chi connectivity index (χ4v) is 3.30. The molecule has 0 radical (unpaired) electrons. The number of nitrogens with two attached hydrogens (primary N) is 1. The van der Waals surface area contributed by atoms with Crippen molar-refractivity contribution in [3.63, 3.8) is 0 Å². The van der Waals surface area contributed by atoms with Crippen LogP contribution in [0.5, 0.6) is 0 Å². The third-order valence-electron chi connectivity index (χ3n) is 3.81. The summed E-state index contributed by atoms with van der Waals surface area (Å²) in [5, 5.41) is 10.1. The Morgan fingerprint density at radius 3 is 3.00 bits per heavy atom. The van der Waals surface area contributed by atoms with E-state index < -0.39 is 38.3 Å². The molecule has 2 aromatic heterocycles. The Bertz CT molecular complexity index is 859. The number of rotatable bonds is 6. The van der Waals surface area contributed by atoms with E-state index >= 15 is 0 Å². The minimum Gasteiger partial charge on any atom is -0.457 e. The quantitative estimate of drug-likeness (QED) is 0.586. The number of imidazole rings is 1. The first-order valence-electron chi connectivity index (χ1n) is 7.74. The Morgan fingerprint density at radius 2 is 2.27 bits per heavy atom. The highest BCUT2D eigenvalue weighted by Gasteiger charge is 2.40. The van der Waals surface area contributed by atoms with E-state index in [-0.39, 0.29) is 18.8 Å². The van der Waals surface area contributed by atoms with E-state index in [0.717, 1.165) is 0 Å². The molecular weight excluding hydrogens is 369 g/mol. The van der Waals surface area contributed by atoms with Gasteiger partial charge in [-0.25, -0.2) is 24.3 Å². The van der Waals surface area contributed by atoms with Crippen molar-refractivity contribution in [1.82, 2.24) is 19.5 Å². The number of aromatic nitrogens is 4. The van der Waals surface area contributed by atoms with E-state index in [1.165, 1.54) is 19.6 Å². The van der Waals surface area contributed by atoms with Crippen LogP contribution in [0.25, 0.3) is 11.2 Å². The average Bonchev–Trinajstić information content (AvgIpc) is 3.17. The number of nitrogen functional groups attached to an aromatic ring is 1. The third kappa shape index (κ3) is 3.55. The summed E-state index contributed by atoms with van der Waals surface area (Å²) in [6, 6.07) is 0. The zero-order valence-electron chi connectivity index (χ0n) is 13.8. The molecule has 3 heterocycles. The maximum atomic E-state index is 11.8. The SMILES string of the molecule is CCOC(=O)P(=O)(O)OC[C@H]1O[C@@H](n2cnc3c(N)ncnc32)C[C@@H]1O. The number of hydrogen-bond donors (Lipinski definition) is 3. The lowest BCUT2D eigenvalue weighted by Crippen LogP contribution is -2.26. The molecular formula is C13H18N5O7P. The molecule has 0 aliphatic carbocycles. The highest BCUT2D eigenvalue weighted by molar-refractivity contribution is 7.70. The summed E-state index contributed by atoms with van der Waals surface area (Å²) in [5.74, 6) is 0.211. The summed E-state index contributed by atoms with van der Waals surface area (Å²) in [7, 11) is -4.61. The molecule has 26 heavy (non-hydrogen) atoms. The molecule has 4 atom stereocenters. The van der Waals surface area contributed by atoms with Crippen molar-refractivity contribution >= 4 is 30.3 Å². The van der Waals surface area contributed by atoms with Crippen LogP contribution < -0.4 is 5.73 Å². The second kappa shape index (κ2) is 7.25. The lowest BCUT2D eigenvalue weighted by atomic mass is 10.2. The molecule has 142 valence electrons. The number of carbonyl (C=O) groups excluding carboxylic acids is 1. The molecule has 1 saturated heterocycles. The first-order chi connectivity index (χ1) is 12.3. The van der Waals surface area contributed by atoms with Crippen LogP contribution in [0.2, 0.25) is 0 Å². The molecule has 2 aromatic rings. The Kier molecular flexibility index (Phi) is 5.21. The Morgan fingerprint density at radius 1 is 1.50 bits per heavy atom. The number of ether oxygens (including phenoxy) is 2. The zero-order valence-corrected chi connectivity index (χ0v) is 14.7. The van der Waals surface area contributed by atoms with Gasteiger partial charge >= 0.3 is 13.3 Å². The van der Waals surface area contributed by atoms with Gasteiger partial charge in [-0.15, -0.1) is 0 Å². The monoisotopic (exact) mass is 387 g/mol. The molecule has 1 fully saturated rings. The minimum absolute atomic E-state index is 0.0595. The normalized spacial score (nSPS) is 25.3. The van der Waals surface area contributed by atoms with Gasteiger partial charge in [-0.1, -0.05) is 0 Å². The molecule has 0 saturated carbocycles. The molecule has 0 aromatic carbocycles. The lowest BCUT2D eigenvalue weighted by molar-refractivity contribution is -0.0395. The van der Waals surface area contributed by atoms with Crippen molar-refractivity contribution in [1.29, 1.82) is 0 Å². The number of fused-ring (bicyclic) bond motifs is 1. The van der Waals surface area contributed by atoms with Crippen LogP contribution in [0.1, 0.15) is 19.6 Å². The van der Waals surface area contributed by atoms with Crippen LogP contribution in [0.4, 0.5) is 10.6 Å². The largest absolute Gasteiger partial charge is 0.457 e. The van der Waals surface area contributed by atoms with E-state index in [1.807, 2.05) is 0 Å². The van der Waals surface area contributed by atoms with Gasteiger partial charge in [0.1, 0.15) is 24.2 Å². The summed E-state index contributed by atoms with van der Waals surface area (Å²) >= 11 is 0.